The van der Waals surface area contributed by atoms with Crippen molar-refractivity contribution in [3.8, 4) is 6.07 Å². The van der Waals surface area contributed by atoms with Crippen LogP contribution in [0.15, 0.2) is 18.2 Å². The molecule has 0 saturated heterocycles. The molecule has 0 unspecified atom stereocenters. The van der Waals surface area contributed by atoms with Gasteiger partial charge in [0.25, 0.3) is 11.4 Å². The van der Waals surface area contributed by atoms with Gasteiger partial charge < -0.3 is 4.74 Å². The van der Waals surface area contributed by atoms with Gasteiger partial charge in [0.1, 0.15) is 0 Å². The lowest BCUT2D eigenvalue weighted by molar-refractivity contribution is -0.394. The Bertz CT molecular complexity index is 607. The second kappa shape index (κ2) is 6.24. The van der Waals surface area contributed by atoms with E-state index in [1.807, 2.05) is 0 Å². The predicted octanol–water partition coefficient (Wildman–Crippen LogP) is 1.67. The van der Waals surface area contributed by atoms with Gasteiger partial charge >= 0.3 is 5.97 Å². The zero-order valence-corrected chi connectivity index (χ0v) is 10.3. The summed E-state index contributed by atoms with van der Waals surface area (Å²) >= 11 is 0. The van der Waals surface area contributed by atoms with E-state index in [9.17, 15) is 25.0 Å². The first kappa shape index (κ1) is 15.0. The van der Waals surface area contributed by atoms with Crippen LogP contribution in [-0.2, 0) is 9.53 Å². The van der Waals surface area contributed by atoms with Crippen LogP contribution in [0.3, 0.4) is 0 Å². The van der Waals surface area contributed by atoms with Crippen molar-refractivity contribution in [2.45, 2.75) is 12.8 Å². The molecule has 1 atom stereocenters. The Kier molecular flexibility index (Phi) is 4.69. The summed E-state index contributed by atoms with van der Waals surface area (Å²) in [6.07, 6.45) is 0. The summed E-state index contributed by atoms with van der Waals surface area (Å²) in [6, 6.07) is 4.31. The number of nitrogens with zero attached hydrogens (tertiary/aromatic N) is 3. The van der Waals surface area contributed by atoms with Crippen LogP contribution in [0.2, 0.25) is 0 Å². The molecule has 0 fully saturated rings. The number of nitriles is 1. The van der Waals surface area contributed by atoms with E-state index in [4.69, 9.17) is 5.26 Å². The van der Waals surface area contributed by atoms with Crippen molar-refractivity contribution in [1.82, 2.24) is 0 Å². The monoisotopic (exact) mass is 279 g/mol. The molecule has 0 aliphatic rings. The molecule has 0 aliphatic heterocycles. The minimum atomic E-state index is -1.50. The molecular formula is C11H9N3O6. The fourth-order valence-electron chi connectivity index (χ4n) is 1.52. The second-order valence-electron chi connectivity index (χ2n) is 3.57. The van der Waals surface area contributed by atoms with Crippen molar-refractivity contribution in [2.75, 3.05) is 6.61 Å². The van der Waals surface area contributed by atoms with Crippen molar-refractivity contribution >= 4 is 17.3 Å². The fraction of sp³-hybridized carbons (Fsp3) is 0.273. The van der Waals surface area contributed by atoms with Gasteiger partial charge in [-0.2, -0.15) is 5.26 Å². The number of esters is 1. The highest BCUT2D eigenvalue weighted by Crippen LogP contribution is 2.30. The standard InChI is InChI=1S/C11H9N3O6/c1-2-20-11(15)9(6-12)8-4-3-7(13(16)17)5-10(8)14(18)19/h3-5,9H,2H2,1H3/t9-/m0/s1. The molecule has 1 aromatic rings. The van der Waals surface area contributed by atoms with Gasteiger partial charge in [0.2, 0.25) is 0 Å². The molecule has 0 N–H and O–H groups in total. The number of non-ortho nitro benzene ring substituents is 1. The molecule has 0 bridgehead atoms. The Morgan fingerprint density at radius 3 is 2.50 bits per heavy atom. The minimum Gasteiger partial charge on any atom is -0.465 e. The summed E-state index contributed by atoms with van der Waals surface area (Å²) < 4.78 is 4.64. The normalized spacial score (nSPS) is 11.2. The zero-order chi connectivity index (χ0) is 15.3. The minimum absolute atomic E-state index is 0.0117. The third-order valence-electron chi connectivity index (χ3n) is 2.38. The molecule has 9 nitrogen and oxygen atoms in total. The van der Waals surface area contributed by atoms with Gasteiger partial charge in [-0.25, -0.2) is 0 Å². The number of hydrogen-bond acceptors (Lipinski definition) is 7. The maximum Gasteiger partial charge on any atom is 0.328 e. The Hall–Kier alpha value is -3.02. The van der Waals surface area contributed by atoms with Crippen LogP contribution in [0.25, 0.3) is 0 Å². The highest BCUT2D eigenvalue weighted by molar-refractivity contribution is 5.83. The van der Waals surface area contributed by atoms with Gasteiger partial charge in [-0.3, -0.25) is 25.0 Å². The molecule has 0 heterocycles. The number of rotatable bonds is 5. The Morgan fingerprint density at radius 1 is 1.40 bits per heavy atom. The van der Waals surface area contributed by atoms with Gasteiger partial charge in [0.05, 0.1) is 34.2 Å². The van der Waals surface area contributed by atoms with Crippen molar-refractivity contribution in [3.05, 3.63) is 44.0 Å². The average molecular weight is 279 g/mol. The summed E-state index contributed by atoms with van der Waals surface area (Å²) in [5, 5.41) is 30.5. The van der Waals surface area contributed by atoms with Gasteiger partial charge in [0, 0.05) is 6.07 Å². The molecule has 0 spiro atoms. The lowest BCUT2D eigenvalue weighted by atomic mass is 9.98. The first-order valence-corrected chi connectivity index (χ1v) is 5.41. The molecule has 0 aliphatic carbocycles. The number of carbonyl (C=O) groups is 1. The summed E-state index contributed by atoms with van der Waals surface area (Å²) in [5.74, 6) is -2.44. The number of nitro groups is 2. The van der Waals surface area contributed by atoms with E-state index < -0.39 is 33.1 Å². The number of hydrogen-bond donors (Lipinski definition) is 0. The molecule has 0 amide bonds. The van der Waals surface area contributed by atoms with Crippen LogP contribution in [-0.4, -0.2) is 22.4 Å². The highest BCUT2D eigenvalue weighted by Gasteiger charge is 2.31. The summed E-state index contributed by atoms with van der Waals surface area (Å²) in [6.45, 7) is 1.54. The van der Waals surface area contributed by atoms with Gasteiger partial charge in [0.15, 0.2) is 5.92 Å². The second-order valence-corrected chi connectivity index (χ2v) is 3.57. The molecule has 1 aromatic carbocycles. The average Bonchev–Trinajstić information content (AvgIpc) is 2.39. The summed E-state index contributed by atoms with van der Waals surface area (Å²) in [5.41, 5.74) is -1.40. The smallest absolute Gasteiger partial charge is 0.328 e. The molecule has 0 aromatic heterocycles. The van der Waals surface area contributed by atoms with Crippen LogP contribution in [0.4, 0.5) is 11.4 Å². The molecular weight excluding hydrogens is 270 g/mol. The van der Waals surface area contributed by atoms with Gasteiger partial charge in [-0.05, 0) is 13.0 Å². The fourth-order valence-corrected chi connectivity index (χ4v) is 1.52. The van der Waals surface area contributed by atoms with E-state index in [2.05, 4.69) is 4.74 Å². The van der Waals surface area contributed by atoms with Crippen LogP contribution in [0, 0.1) is 31.6 Å². The molecule has 1 rings (SSSR count). The van der Waals surface area contributed by atoms with Crippen molar-refractivity contribution in [2.24, 2.45) is 0 Å². The Balaban J connectivity index is 3.36. The van der Waals surface area contributed by atoms with E-state index in [1.165, 1.54) is 6.92 Å². The van der Waals surface area contributed by atoms with E-state index in [-0.39, 0.29) is 12.2 Å². The topological polar surface area (TPSA) is 136 Å². The molecule has 9 heteroatoms. The van der Waals surface area contributed by atoms with Crippen molar-refractivity contribution in [3.63, 3.8) is 0 Å². The van der Waals surface area contributed by atoms with Gasteiger partial charge in [-0.1, -0.05) is 0 Å². The quantitative estimate of drug-likeness (QED) is 0.454. The number of nitro benzene ring substituents is 2. The zero-order valence-electron chi connectivity index (χ0n) is 10.3. The lowest BCUT2D eigenvalue weighted by Gasteiger charge is -2.08. The van der Waals surface area contributed by atoms with E-state index in [0.717, 1.165) is 12.1 Å². The van der Waals surface area contributed by atoms with Gasteiger partial charge in [-0.15, -0.1) is 0 Å². The third kappa shape index (κ3) is 3.05. The molecule has 0 saturated carbocycles. The first-order valence-electron chi connectivity index (χ1n) is 5.41. The number of ether oxygens (including phenoxy) is 1. The molecule has 20 heavy (non-hydrogen) atoms. The van der Waals surface area contributed by atoms with Crippen molar-refractivity contribution in [1.29, 1.82) is 5.26 Å². The van der Waals surface area contributed by atoms with E-state index >= 15 is 0 Å². The van der Waals surface area contributed by atoms with Crippen LogP contribution in [0.5, 0.6) is 0 Å². The van der Waals surface area contributed by atoms with E-state index in [0.29, 0.717) is 6.07 Å². The number of carbonyl (C=O) groups excluding carboxylic acids is 1. The lowest BCUT2D eigenvalue weighted by Crippen LogP contribution is -2.15. The highest BCUT2D eigenvalue weighted by atomic mass is 16.6. The Morgan fingerprint density at radius 2 is 2.05 bits per heavy atom. The molecule has 0 radical (unpaired) electrons. The van der Waals surface area contributed by atoms with Crippen LogP contribution >= 0.6 is 0 Å². The third-order valence-corrected chi connectivity index (χ3v) is 2.38. The summed E-state index contributed by atoms with van der Waals surface area (Å²) in [4.78, 5) is 31.4. The van der Waals surface area contributed by atoms with Crippen molar-refractivity contribution < 1.29 is 19.4 Å². The molecule has 104 valence electrons. The predicted molar refractivity (Wildman–Crippen MR) is 64.7 cm³/mol. The maximum atomic E-state index is 11.6. The summed E-state index contributed by atoms with van der Waals surface area (Å²) in [7, 11) is 0. The first-order chi connectivity index (χ1) is 9.42. The maximum absolute atomic E-state index is 11.6. The Labute approximate surface area is 112 Å². The van der Waals surface area contributed by atoms with Crippen LogP contribution < -0.4 is 0 Å². The number of benzene rings is 1. The van der Waals surface area contributed by atoms with Crippen LogP contribution in [0.1, 0.15) is 18.4 Å². The van der Waals surface area contributed by atoms with E-state index in [1.54, 1.807) is 6.07 Å². The SMILES string of the molecule is CCOC(=O)[C@@H](C#N)c1ccc([N+](=O)[O-])cc1[N+](=O)[O-]. The largest absolute Gasteiger partial charge is 0.465 e.